The monoisotopic (exact) mass is 2490 g/mol. The molecule has 0 spiro atoms. The molecule has 43 heteroatoms. The van der Waals surface area contributed by atoms with E-state index in [0.29, 0.717) is 157 Å². The minimum atomic E-state index is -3.02. The Hall–Kier alpha value is -12.7. The normalized spacial score (nSPS) is 12.1. The van der Waals surface area contributed by atoms with Gasteiger partial charge in [0.2, 0.25) is 12.6 Å². The molecule has 2 fully saturated rings. The van der Waals surface area contributed by atoms with E-state index in [1.54, 1.807) is 109 Å². The number of anilines is 7. The number of nitrogens with two attached hydrogens (primary N) is 1. The van der Waals surface area contributed by atoms with Gasteiger partial charge in [0.15, 0.2) is 11.5 Å². The standard InChI is InChI=1S/C29H26ClFN4O4S.C28H21ClFN3O4.C21H14ClFIN3O.C13H11ClFNO.C8H4ClIN2.C7H9BO5.CH4.FH.HI.H2/c1-40(36,37)12-11-32-16-23-7-10-27(39-23)20-5-8-26-24(14-20)29(34-18-33-26)35-22-6-9-28(25(30)15-22)38-17-19-3-2-4-21(31)13-19;29-22-14-20(5-7-25(22)36-15-17-2-1-3-19(30)12-17)33-27-21-13-18(4-6-23(21)31-16-32-27)24-8-9-26(37-24)28-34-10-11-35-28;22-18-10-16(5-7-20(18)28-11-13-2-1-3-14(23)8-13)27-21-17-9-15(24)4-6-19(17)25-12-26-21;14-12-7-11(16)4-5-13(12)17-8-9-2-1-3-10(15)6-9;9-8-6-3-5(10)1-2-7(6)11-4-12-8;9-8(10)6-2-1-5(13-6)7-11-3-4-12-7;;;;/h2-10,13-15,18,32H,11-12,16-17H2,1H3,(H,33,34,35);1-9,12-14,16,28H,10-11,15H2,(H,31,32,33);1-10,12H,11H2,(H,25,26,27);1-7H,8,16H2;1-4H;1-2,7,9-10H,3-4H2;1H4;3*1H. The Morgan fingerprint density at radius 3 is 1.17 bits per heavy atom. The number of hydrogen-bond donors (Lipinski definition) is 7. The maximum atomic E-state index is 13.4. The number of rotatable bonds is 28. The highest BCUT2D eigenvalue weighted by Gasteiger charge is 2.27. The summed E-state index contributed by atoms with van der Waals surface area (Å²) in [6.07, 6.45) is 6.21. The average molecular weight is 2500 g/mol. The molecule has 7 aromatic heterocycles. The number of hydrogen-bond acceptors (Lipinski definition) is 28. The van der Waals surface area contributed by atoms with Crippen LogP contribution in [0.15, 0.2) is 318 Å². The van der Waals surface area contributed by atoms with Gasteiger partial charge in [-0.2, -0.15) is 0 Å². The Morgan fingerprint density at radius 2 is 0.780 bits per heavy atom. The Bertz CT molecular complexity index is 7950. The first-order valence-electron chi connectivity index (χ1n) is 44.8. The zero-order valence-electron chi connectivity index (χ0n) is 78.1. The number of aromatic nitrogens is 8. The van der Waals surface area contributed by atoms with Crippen molar-refractivity contribution in [1.82, 2.24) is 45.2 Å². The van der Waals surface area contributed by atoms with E-state index in [1.165, 1.54) is 86.2 Å². The summed E-state index contributed by atoms with van der Waals surface area (Å²) >= 11 is 35.6. The van der Waals surface area contributed by atoms with Gasteiger partial charge < -0.3 is 88.2 Å². The fraction of sp³-hybridized carbons (Fsp3) is 0.140. The molecule has 28 nitrogen and oxygen atoms in total. The van der Waals surface area contributed by atoms with E-state index in [4.69, 9.17) is 125 Å². The number of ether oxygens (including phenoxy) is 8. The Balaban J connectivity index is 0.000000168. The minimum absolute atomic E-state index is 0. The number of nitrogens with zero attached hydrogens (tertiary/aromatic N) is 8. The fourth-order valence-corrected chi connectivity index (χ4v) is 17.1. The number of fused-ring (bicyclic) bond motifs is 4. The van der Waals surface area contributed by atoms with Crippen molar-refractivity contribution >= 4 is 234 Å². The molecular formula is C107H93BCl5F5I3N13O15S. The van der Waals surface area contributed by atoms with Crippen LogP contribution in [-0.2, 0) is 61.8 Å². The minimum Gasteiger partial charge on any atom is -0.487 e. The fourth-order valence-electron chi connectivity index (χ4n) is 14.4. The second-order valence-corrected chi connectivity index (χ2v) is 39.1. The molecule has 19 aromatic rings. The lowest BCUT2D eigenvalue weighted by molar-refractivity contribution is -0.0585. The zero-order valence-corrected chi connectivity index (χ0v) is 89.4. The molecule has 21 rings (SSSR count). The summed E-state index contributed by atoms with van der Waals surface area (Å²) in [7, 11) is -4.61. The number of nitrogen functional groups attached to an aromatic ring is 1. The number of benzene rings is 12. The van der Waals surface area contributed by atoms with E-state index in [-0.39, 0.29) is 98.6 Å². The van der Waals surface area contributed by atoms with E-state index >= 15 is 0 Å². The van der Waals surface area contributed by atoms with E-state index in [9.17, 15) is 26.0 Å². The summed E-state index contributed by atoms with van der Waals surface area (Å²) in [6, 6.07) is 80.0. The van der Waals surface area contributed by atoms with Crippen LogP contribution in [0.25, 0.3) is 66.3 Å². The van der Waals surface area contributed by atoms with Gasteiger partial charge in [0.1, 0.15) is 153 Å². The van der Waals surface area contributed by atoms with Crippen molar-refractivity contribution in [3.8, 4) is 45.6 Å². The molecule has 0 aliphatic carbocycles. The van der Waals surface area contributed by atoms with Crippen LogP contribution in [0.2, 0.25) is 25.2 Å². The molecule has 0 saturated carbocycles. The van der Waals surface area contributed by atoms with E-state index in [1.807, 2.05) is 115 Å². The summed E-state index contributed by atoms with van der Waals surface area (Å²) in [5, 5.41) is 36.1. The third-order valence-electron chi connectivity index (χ3n) is 21.5. The molecule has 12 aromatic carbocycles. The van der Waals surface area contributed by atoms with Crippen LogP contribution in [0.3, 0.4) is 0 Å². The first kappa shape index (κ1) is 114. The third kappa shape index (κ3) is 32.9. The van der Waals surface area contributed by atoms with Gasteiger partial charge in [0, 0.05) is 76.8 Å². The van der Waals surface area contributed by atoms with Gasteiger partial charge >= 0.3 is 7.12 Å². The summed E-state index contributed by atoms with van der Waals surface area (Å²) in [6.45, 7) is 3.82. The number of furan rings is 3. The first-order valence-corrected chi connectivity index (χ1v) is 50.9. The summed E-state index contributed by atoms with van der Waals surface area (Å²) in [5.41, 5.74) is 16.3. The smallest absolute Gasteiger partial charge is 0.487 e. The highest BCUT2D eigenvalue weighted by atomic mass is 127. The van der Waals surface area contributed by atoms with Crippen LogP contribution in [0.5, 0.6) is 23.0 Å². The van der Waals surface area contributed by atoms with Gasteiger partial charge in [-0.05, 0) is 298 Å². The lowest BCUT2D eigenvalue weighted by Gasteiger charge is -2.12. The van der Waals surface area contributed by atoms with Gasteiger partial charge in [-0.15, -0.1) is 24.0 Å². The van der Waals surface area contributed by atoms with Gasteiger partial charge in [-0.3, -0.25) is 4.70 Å². The predicted molar refractivity (Wildman–Crippen MR) is 603 cm³/mol. The van der Waals surface area contributed by atoms with Crippen LogP contribution >= 0.6 is 127 Å². The molecule has 2 aliphatic rings. The second kappa shape index (κ2) is 55.3. The molecule has 776 valence electrons. The van der Waals surface area contributed by atoms with Gasteiger partial charge in [-0.1, -0.05) is 114 Å². The van der Waals surface area contributed by atoms with Gasteiger partial charge in [0.05, 0.1) is 80.9 Å². The van der Waals surface area contributed by atoms with Gasteiger partial charge in [-0.25, -0.2) is 65.9 Å². The van der Waals surface area contributed by atoms with Crippen molar-refractivity contribution in [2.45, 2.75) is 53.0 Å². The SMILES string of the molecule is C.CS(=O)(=O)CCNCc1ccc(-c2ccc3ncnc(Nc4ccc(OCc5cccc(F)c5)c(Cl)c4)c3c2)o1.Clc1ncnc2ccc(I)cc12.F.Fc1cccc(COc2ccc(Nc3ncnc4ccc(-c5ccc(C6OCCO6)o5)cc34)cc2Cl)c1.Fc1cccc(COc2ccc(Nc3ncnc4ccc(I)cc34)cc2Cl)c1.I.Nc1ccc(OCc2cccc(F)c2)c(Cl)c1.OB(O)c1ccc(C2OCCO2)o1.[HH]. The summed E-state index contributed by atoms with van der Waals surface area (Å²) < 4.78 is 139. The molecular weight excluding hydrogens is 2400 g/mol. The topological polar surface area (TPSA) is 365 Å². The zero-order chi connectivity index (χ0) is 103. The van der Waals surface area contributed by atoms with E-state index < -0.39 is 29.5 Å². The largest absolute Gasteiger partial charge is 0.526 e. The number of halogens is 13. The lowest BCUT2D eigenvalue weighted by atomic mass is 9.88. The summed E-state index contributed by atoms with van der Waals surface area (Å²) in [4.78, 5) is 34.2. The Labute approximate surface area is 928 Å². The van der Waals surface area contributed by atoms with Crippen molar-refractivity contribution in [2.75, 3.05) is 66.7 Å². The molecule has 0 bridgehead atoms. The Kier molecular flexibility index (Phi) is 42.2. The van der Waals surface area contributed by atoms with Crippen LogP contribution < -0.4 is 51.6 Å². The maximum Gasteiger partial charge on any atom is 0.526 e. The third-order valence-corrected chi connectivity index (χ3v) is 25.3. The molecule has 0 amide bonds. The molecule has 150 heavy (non-hydrogen) atoms. The van der Waals surface area contributed by atoms with Crippen molar-refractivity contribution in [2.24, 2.45) is 0 Å². The molecule has 2 saturated heterocycles. The predicted octanol–water partition coefficient (Wildman–Crippen LogP) is 26.7. The van der Waals surface area contributed by atoms with Crippen molar-refractivity contribution in [1.29, 1.82) is 0 Å². The van der Waals surface area contributed by atoms with Gasteiger partial charge in [0.25, 0.3) is 0 Å². The molecule has 2 aliphatic heterocycles. The molecule has 9 heterocycles. The van der Waals surface area contributed by atoms with E-state index in [0.717, 1.165) is 84.4 Å². The van der Waals surface area contributed by atoms with Crippen LogP contribution in [0.4, 0.5) is 62.5 Å². The highest BCUT2D eigenvalue weighted by molar-refractivity contribution is 14.1. The maximum absolute atomic E-state index is 13.4. The van der Waals surface area contributed by atoms with Crippen LogP contribution in [0, 0.1) is 30.4 Å². The summed E-state index contributed by atoms with van der Waals surface area (Å²) in [5.74, 6) is 5.94. The number of sulfone groups is 1. The quantitative estimate of drug-likeness (QED) is 0.00598. The first-order chi connectivity index (χ1) is 71.1. The van der Waals surface area contributed by atoms with Crippen LogP contribution in [0.1, 0.15) is 61.0 Å². The average Bonchev–Trinajstić information content (AvgIpc) is 1.46. The molecule has 0 radical (unpaired) electrons. The molecule has 0 atom stereocenters. The second-order valence-electron chi connectivity index (χ2n) is 32.3. The van der Waals surface area contributed by atoms with Crippen molar-refractivity contribution in [3.63, 3.8) is 0 Å². The molecule has 8 N–H and O–H groups in total. The lowest BCUT2D eigenvalue weighted by Crippen LogP contribution is -2.28. The number of nitrogens with one attached hydrogen (secondary N) is 4. The highest BCUT2D eigenvalue weighted by Crippen LogP contribution is 2.40. The van der Waals surface area contributed by atoms with Crippen molar-refractivity contribution < 1.29 is 93.3 Å². The van der Waals surface area contributed by atoms with Crippen molar-refractivity contribution in [3.05, 3.63) is 400 Å². The Morgan fingerprint density at radius 1 is 0.420 bits per heavy atom. The molecule has 0 unspecified atom stereocenters. The van der Waals surface area contributed by atoms with E-state index in [2.05, 4.69) is 106 Å². The van der Waals surface area contributed by atoms with Crippen LogP contribution in [-0.4, -0.2) is 110 Å².